The maximum atomic E-state index is 13.9. The van der Waals surface area contributed by atoms with Crippen LogP contribution in [0.5, 0.6) is 0 Å². The number of aryl methyl sites for hydroxylation is 2. The molecule has 3 rings (SSSR count). The van der Waals surface area contributed by atoms with Gasteiger partial charge in [-0.3, -0.25) is 13.9 Å². The Morgan fingerprint density at radius 1 is 1.05 bits per heavy atom. The first kappa shape index (κ1) is 29.0. The number of amides is 2. The van der Waals surface area contributed by atoms with Crippen LogP contribution in [-0.4, -0.2) is 50.0 Å². The van der Waals surface area contributed by atoms with Gasteiger partial charge in [0.15, 0.2) is 0 Å². The van der Waals surface area contributed by atoms with Crippen LogP contribution in [0.3, 0.4) is 0 Å². The van der Waals surface area contributed by atoms with E-state index in [1.54, 1.807) is 25.1 Å². The SMILES string of the molecule is CC[C@@H](C(=O)NC1CCCCC1)N(Cc1ccccc1C)C(=O)CN(c1ccc(Cl)cc1C)S(C)(=O)=O. The van der Waals surface area contributed by atoms with Crippen LogP contribution in [0.15, 0.2) is 42.5 Å². The van der Waals surface area contributed by atoms with E-state index in [2.05, 4.69) is 5.32 Å². The number of rotatable bonds is 10. The van der Waals surface area contributed by atoms with E-state index < -0.39 is 28.5 Å². The van der Waals surface area contributed by atoms with Gasteiger partial charge in [0.25, 0.3) is 0 Å². The van der Waals surface area contributed by atoms with Gasteiger partial charge in [-0.05, 0) is 68.0 Å². The van der Waals surface area contributed by atoms with Crippen LogP contribution < -0.4 is 9.62 Å². The van der Waals surface area contributed by atoms with E-state index in [4.69, 9.17) is 11.6 Å². The maximum absolute atomic E-state index is 13.9. The average molecular weight is 548 g/mol. The zero-order valence-corrected chi connectivity index (χ0v) is 23.7. The van der Waals surface area contributed by atoms with Crippen LogP contribution in [0.1, 0.15) is 62.1 Å². The summed E-state index contributed by atoms with van der Waals surface area (Å²) in [5.74, 6) is -0.626. The maximum Gasteiger partial charge on any atom is 0.244 e. The normalized spacial score (nSPS) is 15.2. The molecule has 2 aromatic carbocycles. The molecule has 0 bridgehead atoms. The molecule has 0 unspecified atom stereocenters. The Bertz CT molecular complexity index is 1210. The van der Waals surface area contributed by atoms with E-state index in [1.165, 1.54) is 11.3 Å². The molecule has 7 nitrogen and oxygen atoms in total. The average Bonchev–Trinajstić information content (AvgIpc) is 2.84. The summed E-state index contributed by atoms with van der Waals surface area (Å²) in [7, 11) is -3.80. The van der Waals surface area contributed by atoms with E-state index in [9.17, 15) is 18.0 Å². The van der Waals surface area contributed by atoms with Crippen molar-refractivity contribution in [3.05, 3.63) is 64.2 Å². The molecule has 0 radical (unpaired) electrons. The van der Waals surface area contributed by atoms with Crippen molar-refractivity contribution in [2.45, 2.75) is 77.9 Å². The lowest BCUT2D eigenvalue weighted by atomic mass is 9.95. The molecule has 1 saturated carbocycles. The molecule has 0 saturated heterocycles. The van der Waals surface area contributed by atoms with Crippen LogP contribution in [-0.2, 0) is 26.2 Å². The molecule has 37 heavy (non-hydrogen) atoms. The summed E-state index contributed by atoms with van der Waals surface area (Å²) in [6.45, 7) is 5.38. The highest BCUT2D eigenvalue weighted by atomic mass is 35.5. The van der Waals surface area contributed by atoms with Crippen molar-refractivity contribution in [2.24, 2.45) is 0 Å². The molecule has 0 aliphatic heterocycles. The van der Waals surface area contributed by atoms with Crippen molar-refractivity contribution in [3.63, 3.8) is 0 Å². The Morgan fingerprint density at radius 3 is 2.32 bits per heavy atom. The molecule has 0 spiro atoms. The minimum Gasteiger partial charge on any atom is -0.352 e. The molecule has 9 heteroatoms. The quantitative estimate of drug-likeness (QED) is 0.454. The zero-order chi connectivity index (χ0) is 27.2. The van der Waals surface area contributed by atoms with Crippen LogP contribution in [0.25, 0.3) is 0 Å². The number of nitrogens with zero attached hydrogens (tertiary/aromatic N) is 2. The predicted octanol–water partition coefficient (Wildman–Crippen LogP) is 4.98. The van der Waals surface area contributed by atoms with Gasteiger partial charge in [0.05, 0.1) is 11.9 Å². The topological polar surface area (TPSA) is 86.8 Å². The predicted molar refractivity (Wildman–Crippen MR) is 149 cm³/mol. The van der Waals surface area contributed by atoms with Crippen LogP contribution in [0, 0.1) is 13.8 Å². The number of halogens is 1. The molecule has 202 valence electrons. The molecular formula is C28H38ClN3O4S. The highest BCUT2D eigenvalue weighted by molar-refractivity contribution is 7.92. The number of carbonyl (C=O) groups is 2. The van der Waals surface area contributed by atoms with E-state index in [1.807, 2.05) is 38.1 Å². The Balaban J connectivity index is 1.94. The standard InChI is InChI=1S/C28H38ClN3O4S/c1-5-25(28(34)30-24-13-7-6-8-14-24)31(18-22-12-10-9-11-20(22)2)27(33)19-32(37(4,35)36)26-16-15-23(29)17-21(26)3/h9-12,15-17,24-25H,5-8,13-14,18-19H2,1-4H3,(H,30,34)/t25-/m0/s1. The molecule has 1 aliphatic carbocycles. The highest BCUT2D eigenvalue weighted by Gasteiger charge is 2.33. The van der Waals surface area contributed by atoms with Gasteiger partial charge >= 0.3 is 0 Å². The lowest BCUT2D eigenvalue weighted by Gasteiger charge is -2.34. The molecule has 2 aromatic rings. The molecular weight excluding hydrogens is 510 g/mol. The van der Waals surface area contributed by atoms with E-state index in [0.717, 1.165) is 47.4 Å². The van der Waals surface area contributed by atoms with Crippen molar-refractivity contribution in [2.75, 3.05) is 17.1 Å². The second kappa shape index (κ2) is 12.8. The van der Waals surface area contributed by atoms with Crippen molar-refractivity contribution in [3.8, 4) is 0 Å². The first-order chi connectivity index (χ1) is 17.5. The van der Waals surface area contributed by atoms with Crippen LogP contribution in [0.2, 0.25) is 5.02 Å². The van der Waals surface area contributed by atoms with Gasteiger partial charge in [-0.25, -0.2) is 8.42 Å². The zero-order valence-electron chi connectivity index (χ0n) is 22.2. The van der Waals surface area contributed by atoms with E-state index >= 15 is 0 Å². The minimum atomic E-state index is -3.80. The summed E-state index contributed by atoms with van der Waals surface area (Å²) < 4.78 is 26.7. The highest BCUT2D eigenvalue weighted by Crippen LogP contribution is 2.26. The molecule has 2 amide bonds. The summed E-state index contributed by atoms with van der Waals surface area (Å²) in [5.41, 5.74) is 2.93. The van der Waals surface area contributed by atoms with Crippen LogP contribution in [0.4, 0.5) is 5.69 Å². The lowest BCUT2D eigenvalue weighted by Crippen LogP contribution is -2.54. The number of hydrogen-bond donors (Lipinski definition) is 1. The van der Waals surface area contributed by atoms with E-state index in [-0.39, 0.29) is 18.5 Å². The van der Waals surface area contributed by atoms with Gasteiger partial charge in [-0.2, -0.15) is 0 Å². The second-order valence-corrected chi connectivity index (χ2v) is 12.3. The minimum absolute atomic E-state index is 0.106. The summed E-state index contributed by atoms with van der Waals surface area (Å²) >= 11 is 6.08. The molecule has 1 aliphatic rings. The largest absolute Gasteiger partial charge is 0.352 e. The van der Waals surface area contributed by atoms with Crippen LogP contribution >= 0.6 is 11.6 Å². The summed E-state index contributed by atoms with van der Waals surface area (Å²) in [6.07, 6.45) is 6.70. The molecule has 0 aromatic heterocycles. The Hall–Kier alpha value is -2.58. The summed E-state index contributed by atoms with van der Waals surface area (Å²) in [4.78, 5) is 28.9. The first-order valence-electron chi connectivity index (χ1n) is 12.9. The fourth-order valence-electron chi connectivity index (χ4n) is 4.93. The van der Waals surface area contributed by atoms with Crippen molar-refractivity contribution < 1.29 is 18.0 Å². The van der Waals surface area contributed by atoms with Crippen molar-refractivity contribution in [1.82, 2.24) is 10.2 Å². The third-order valence-electron chi connectivity index (χ3n) is 7.05. The van der Waals surface area contributed by atoms with Gasteiger partial charge in [0, 0.05) is 17.6 Å². The van der Waals surface area contributed by atoms with E-state index in [0.29, 0.717) is 22.7 Å². The van der Waals surface area contributed by atoms with Gasteiger partial charge < -0.3 is 10.2 Å². The Morgan fingerprint density at radius 2 is 1.73 bits per heavy atom. The fourth-order valence-corrected chi connectivity index (χ4v) is 6.06. The number of hydrogen-bond acceptors (Lipinski definition) is 4. The monoisotopic (exact) mass is 547 g/mol. The third-order valence-corrected chi connectivity index (χ3v) is 8.41. The molecule has 1 atom stereocenters. The summed E-state index contributed by atoms with van der Waals surface area (Å²) in [6, 6.07) is 12.0. The van der Waals surface area contributed by atoms with Crippen molar-refractivity contribution in [1.29, 1.82) is 0 Å². The van der Waals surface area contributed by atoms with Gasteiger partial charge in [-0.15, -0.1) is 0 Å². The van der Waals surface area contributed by atoms with Crippen molar-refractivity contribution >= 4 is 39.1 Å². The Labute approximate surface area is 226 Å². The number of nitrogens with one attached hydrogen (secondary N) is 1. The second-order valence-electron chi connectivity index (χ2n) is 9.92. The van der Waals surface area contributed by atoms with Gasteiger partial charge in [0.2, 0.25) is 21.8 Å². The van der Waals surface area contributed by atoms with Gasteiger partial charge in [0.1, 0.15) is 12.6 Å². The number of carbonyl (C=O) groups excluding carboxylic acids is 2. The molecule has 1 N–H and O–H groups in total. The number of sulfonamides is 1. The first-order valence-corrected chi connectivity index (χ1v) is 15.1. The molecule has 1 fully saturated rings. The Kier molecular flexibility index (Phi) is 10.0. The fraction of sp³-hybridized carbons (Fsp3) is 0.500. The molecule has 0 heterocycles. The summed E-state index contributed by atoms with van der Waals surface area (Å²) in [5, 5.41) is 3.64. The smallest absolute Gasteiger partial charge is 0.244 e. The van der Waals surface area contributed by atoms with Gasteiger partial charge in [-0.1, -0.05) is 62.1 Å². The third kappa shape index (κ3) is 7.71. The number of anilines is 1. The number of benzene rings is 2. The lowest BCUT2D eigenvalue weighted by molar-refractivity contribution is -0.140.